The third-order valence-electron chi connectivity index (χ3n) is 3.64. The summed E-state index contributed by atoms with van der Waals surface area (Å²) in [7, 11) is 0. The van der Waals surface area contributed by atoms with Crippen molar-refractivity contribution in [2.24, 2.45) is 5.41 Å². The normalized spacial score (nSPS) is 12.0. The van der Waals surface area contributed by atoms with E-state index in [0.29, 0.717) is 6.61 Å². The largest absolute Gasteiger partial charge is 0.396 e. The van der Waals surface area contributed by atoms with Crippen molar-refractivity contribution in [3.8, 4) is 0 Å². The van der Waals surface area contributed by atoms with Gasteiger partial charge in [0.2, 0.25) is 0 Å². The van der Waals surface area contributed by atoms with Crippen LogP contribution < -0.4 is 0 Å². The second-order valence-electron chi connectivity index (χ2n) is 6.25. The quantitative estimate of drug-likeness (QED) is 0.459. The van der Waals surface area contributed by atoms with Crippen LogP contribution in [0.15, 0.2) is 0 Å². The zero-order chi connectivity index (χ0) is 13.0. The molecule has 0 aliphatic heterocycles. The molecule has 0 unspecified atom stereocenters. The molecule has 0 atom stereocenters. The Morgan fingerprint density at radius 2 is 1.12 bits per heavy atom. The highest BCUT2D eigenvalue weighted by Gasteiger charge is 2.14. The van der Waals surface area contributed by atoms with Crippen molar-refractivity contribution in [2.75, 3.05) is 6.61 Å². The predicted octanol–water partition coefficient (Wildman–Crippen LogP) is 5.32. The number of rotatable bonds is 12. The fourth-order valence-corrected chi connectivity index (χ4v) is 2.17. The lowest BCUT2D eigenvalue weighted by molar-refractivity contribution is 0.147. The first kappa shape index (κ1) is 17.0. The highest BCUT2D eigenvalue weighted by atomic mass is 16.3. The summed E-state index contributed by atoms with van der Waals surface area (Å²) in [6.07, 6.45) is 15.1. The number of unbranched alkanes of at least 4 members (excludes halogenated alkanes) is 9. The minimum Gasteiger partial charge on any atom is -0.396 e. The van der Waals surface area contributed by atoms with E-state index in [2.05, 4.69) is 20.8 Å². The monoisotopic (exact) mass is 242 g/mol. The summed E-state index contributed by atoms with van der Waals surface area (Å²) in [5.41, 5.74) is 0.139. The maximum absolute atomic E-state index is 9.14. The third-order valence-corrected chi connectivity index (χ3v) is 3.64. The second kappa shape index (κ2) is 11.1. The van der Waals surface area contributed by atoms with Crippen molar-refractivity contribution in [1.82, 2.24) is 0 Å². The summed E-state index contributed by atoms with van der Waals surface area (Å²) < 4.78 is 0. The molecule has 0 aromatic carbocycles. The first-order valence-electron chi connectivity index (χ1n) is 7.73. The molecule has 0 aliphatic carbocycles. The van der Waals surface area contributed by atoms with Crippen LogP contribution in [0.3, 0.4) is 0 Å². The topological polar surface area (TPSA) is 20.2 Å². The van der Waals surface area contributed by atoms with Gasteiger partial charge in [0.1, 0.15) is 0 Å². The van der Waals surface area contributed by atoms with Crippen molar-refractivity contribution >= 4 is 0 Å². The Kier molecular flexibility index (Phi) is 11.0. The Balaban J connectivity index is 3.09. The van der Waals surface area contributed by atoms with Crippen LogP contribution in [-0.4, -0.2) is 11.7 Å². The van der Waals surface area contributed by atoms with Crippen LogP contribution in [0.1, 0.15) is 91.4 Å². The van der Waals surface area contributed by atoms with E-state index in [1.165, 1.54) is 70.6 Å². The highest BCUT2D eigenvalue weighted by Crippen LogP contribution is 2.23. The van der Waals surface area contributed by atoms with E-state index in [-0.39, 0.29) is 5.41 Å². The highest BCUT2D eigenvalue weighted by molar-refractivity contribution is 4.66. The molecule has 0 fully saturated rings. The lowest BCUT2D eigenvalue weighted by Gasteiger charge is -2.20. The maximum Gasteiger partial charge on any atom is 0.0482 e. The number of hydrogen-bond acceptors (Lipinski definition) is 1. The molecule has 104 valence electrons. The second-order valence-corrected chi connectivity index (χ2v) is 6.25. The Bertz CT molecular complexity index is 152. The smallest absolute Gasteiger partial charge is 0.0482 e. The van der Waals surface area contributed by atoms with Gasteiger partial charge in [0.25, 0.3) is 0 Å². The molecule has 0 saturated heterocycles. The van der Waals surface area contributed by atoms with Gasteiger partial charge in [-0.3, -0.25) is 0 Å². The van der Waals surface area contributed by atoms with Crippen molar-refractivity contribution < 1.29 is 5.11 Å². The summed E-state index contributed by atoms with van der Waals surface area (Å²) in [6.45, 7) is 6.90. The molecule has 0 amide bonds. The average Bonchev–Trinajstić information content (AvgIpc) is 2.31. The molecule has 0 saturated carbocycles. The van der Waals surface area contributed by atoms with Gasteiger partial charge in [0.15, 0.2) is 0 Å². The molecular formula is C16H34O. The zero-order valence-corrected chi connectivity index (χ0v) is 12.4. The van der Waals surface area contributed by atoms with Gasteiger partial charge in [-0.25, -0.2) is 0 Å². The third kappa shape index (κ3) is 12.2. The number of hydrogen-bond donors (Lipinski definition) is 1. The molecule has 17 heavy (non-hydrogen) atoms. The van der Waals surface area contributed by atoms with Gasteiger partial charge in [0.05, 0.1) is 0 Å². The van der Waals surface area contributed by atoms with Gasteiger partial charge in [0, 0.05) is 6.61 Å². The van der Waals surface area contributed by atoms with Crippen LogP contribution in [0.2, 0.25) is 0 Å². The molecule has 1 nitrogen and oxygen atoms in total. The van der Waals surface area contributed by atoms with Crippen molar-refractivity contribution in [3.63, 3.8) is 0 Å². The van der Waals surface area contributed by atoms with E-state index in [9.17, 15) is 0 Å². The SMILES string of the molecule is CCCCCCCCCCCCC(C)(C)CO. The Morgan fingerprint density at radius 3 is 1.53 bits per heavy atom. The van der Waals surface area contributed by atoms with Crippen LogP contribution in [0.4, 0.5) is 0 Å². The van der Waals surface area contributed by atoms with Gasteiger partial charge in [-0.15, -0.1) is 0 Å². The van der Waals surface area contributed by atoms with Gasteiger partial charge in [-0.1, -0.05) is 85.0 Å². The summed E-state index contributed by atoms with van der Waals surface area (Å²) in [4.78, 5) is 0. The molecule has 0 heterocycles. The van der Waals surface area contributed by atoms with Crippen molar-refractivity contribution in [3.05, 3.63) is 0 Å². The maximum atomic E-state index is 9.14. The summed E-state index contributed by atoms with van der Waals surface area (Å²) in [6, 6.07) is 0. The fraction of sp³-hybridized carbons (Fsp3) is 1.00. The average molecular weight is 242 g/mol. The predicted molar refractivity (Wildman–Crippen MR) is 77.3 cm³/mol. The summed E-state index contributed by atoms with van der Waals surface area (Å²) >= 11 is 0. The van der Waals surface area contributed by atoms with Crippen molar-refractivity contribution in [1.29, 1.82) is 0 Å². The fourth-order valence-electron chi connectivity index (χ4n) is 2.17. The van der Waals surface area contributed by atoms with E-state index < -0.39 is 0 Å². The van der Waals surface area contributed by atoms with E-state index in [0.717, 1.165) is 0 Å². The minimum atomic E-state index is 0.139. The first-order chi connectivity index (χ1) is 8.12. The Labute approximate surface area is 109 Å². The first-order valence-corrected chi connectivity index (χ1v) is 7.73. The molecule has 0 aromatic heterocycles. The summed E-state index contributed by atoms with van der Waals surface area (Å²) in [5, 5.41) is 9.14. The van der Waals surface area contributed by atoms with Crippen LogP contribution >= 0.6 is 0 Å². The molecule has 0 bridgehead atoms. The molecule has 0 aliphatic rings. The Morgan fingerprint density at radius 1 is 0.706 bits per heavy atom. The molecular weight excluding hydrogens is 208 g/mol. The summed E-state index contributed by atoms with van der Waals surface area (Å²) in [5.74, 6) is 0. The molecule has 0 radical (unpaired) electrons. The number of aliphatic hydroxyl groups is 1. The standard InChI is InChI=1S/C16H34O/c1-4-5-6-7-8-9-10-11-12-13-14-16(2,3)15-17/h17H,4-15H2,1-3H3. The molecule has 0 rings (SSSR count). The van der Waals surface area contributed by atoms with Gasteiger partial charge < -0.3 is 5.11 Å². The van der Waals surface area contributed by atoms with Gasteiger partial charge >= 0.3 is 0 Å². The van der Waals surface area contributed by atoms with Crippen LogP contribution in [0.5, 0.6) is 0 Å². The number of aliphatic hydroxyl groups excluding tert-OH is 1. The van der Waals surface area contributed by atoms with E-state index in [1.54, 1.807) is 0 Å². The van der Waals surface area contributed by atoms with Gasteiger partial charge in [-0.2, -0.15) is 0 Å². The van der Waals surface area contributed by atoms with Crippen LogP contribution in [0.25, 0.3) is 0 Å². The molecule has 1 N–H and O–H groups in total. The van der Waals surface area contributed by atoms with Crippen LogP contribution in [-0.2, 0) is 0 Å². The Hall–Kier alpha value is -0.0400. The molecule has 0 spiro atoms. The van der Waals surface area contributed by atoms with E-state index >= 15 is 0 Å². The zero-order valence-electron chi connectivity index (χ0n) is 12.4. The van der Waals surface area contributed by atoms with Crippen molar-refractivity contribution in [2.45, 2.75) is 91.4 Å². The van der Waals surface area contributed by atoms with E-state index in [1.807, 2.05) is 0 Å². The molecule has 1 heteroatoms. The minimum absolute atomic E-state index is 0.139. The molecule has 0 aromatic rings. The van der Waals surface area contributed by atoms with Gasteiger partial charge in [-0.05, 0) is 11.8 Å². The van der Waals surface area contributed by atoms with E-state index in [4.69, 9.17) is 5.11 Å². The van der Waals surface area contributed by atoms with Crippen LogP contribution in [0, 0.1) is 5.41 Å². The lowest BCUT2D eigenvalue weighted by Crippen LogP contribution is -2.16. The lowest BCUT2D eigenvalue weighted by atomic mass is 9.88.